The fourth-order valence-corrected chi connectivity index (χ4v) is 2.24. The zero-order valence-corrected chi connectivity index (χ0v) is 15.2. The van der Waals surface area contributed by atoms with E-state index in [1.165, 1.54) is 28.7 Å². The summed E-state index contributed by atoms with van der Waals surface area (Å²) in [5.74, 6) is 0.622. The molecule has 24 heavy (non-hydrogen) atoms. The van der Waals surface area contributed by atoms with E-state index in [1.807, 2.05) is 19.2 Å². The third-order valence-corrected chi connectivity index (χ3v) is 3.83. The van der Waals surface area contributed by atoms with Gasteiger partial charge in [0.2, 0.25) is 0 Å². The predicted molar refractivity (Wildman–Crippen MR) is 105 cm³/mol. The summed E-state index contributed by atoms with van der Waals surface area (Å²) in [7, 11) is 0. The average molecular weight is 323 g/mol. The van der Waals surface area contributed by atoms with Crippen molar-refractivity contribution in [3.8, 4) is 11.1 Å². The van der Waals surface area contributed by atoms with E-state index in [-0.39, 0.29) is 0 Å². The van der Waals surface area contributed by atoms with Crippen LogP contribution in [-0.4, -0.2) is 11.8 Å². The standard InChI is InChI=1S/C17H21N.C4H6.CH2O/c1-4-13(3)15-7-6-8-16(11-15)17-9-10-18-12-14(17)5-2;1-3-4-2;1-2/h6-13H,4-5H2,1-3H3;3-4H,1-2H2;1H2. The highest BCUT2D eigenvalue weighted by Crippen LogP contribution is 2.27. The smallest absolute Gasteiger partial charge is 0.106 e. The first-order valence-corrected chi connectivity index (χ1v) is 8.23. The molecule has 2 rings (SSSR count). The number of carbonyl (C=O) groups excluding carboxylic acids is 1. The molecule has 2 heteroatoms. The zero-order chi connectivity index (χ0) is 18.4. The Bertz CT molecular complexity index is 613. The molecule has 1 aromatic carbocycles. The van der Waals surface area contributed by atoms with Crippen LogP contribution in [-0.2, 0) is 11.2 Å². The van der Waals surface area contributed by atoms with E-state index in [1.54, 1.807) is 12.2 Å². The van der Waals surface area contributed by atoms with E-state index in [0.29, 0.717) is 5.92 Å². The molecule has 0 radical (unpaired) electrons. The van der Waals surface area contributed by atoms with E-state index < -0.39 is 0 Å². The summed E-state index contributed by atoms with van der Waals surface area (Å²) in [4.78, 5) is 12.2. The highest BCUT2D eigenvalue weighted by atomic mass is 16.1. The van der Waals surface area contributed by atoms with Crippen LogP contribution in [0.5, 0.6) is 0 Å². The third-order valence-electron chi connectivity index (χ3n) is 3.83. The molecule has 1 aromatic heterocycles. The van der Waals surface area contributed by atoms with Crippen LogP contribution < -0.4 is 0 Å². The van der Waals surface area contributed by atoms with Gasteiger partial charge in [-0.3, -0.25) is 4.98 Å². The van der Waals surface area contributed by atoms with Crippen LogP contribution in [0.4, 0.5) is 0 Å². The second-order valence-electron chi connectivity index (χ2n) is 5.29. The Kier molecular flexibility index (Phi) is 11.7. The van der Waals surface area contributed by atoms with Gasteiger partial charge >= 0.3 is 0 Å². The van der Waals surface area contributed by atoms with Gasteiger partial charge in [0, 0.05) is 12.4 Å². The SMILES string of the molecule is C=CC=C.C=O.CCc1cnccc1-c1cccc(C(C)CC)c1. The molecule has 0 aliphatic carbocycles. The van der Waals surface area contributed by atoms with Gasteiger partial charge < -0.3 is 4.79 Å². The summed E-state index contributed by atoms with van der Waals surface area (Å²) in [5, 5.41) is 0. The maximum atomic E-state index is 8.00. The first-order chi connectivity index (χ1) is 11.7. The highest BCUT2D eigenvalue weighted by molar-refractivity contribution is 5.67. The van der Waals surface area contributed by atoms with Crippen molar-refractivity contribution in [2.75, 3.05) is 0 Å². The van der Waals surface area contributed by atoms with E-state index in [9.17, 15) is 0 Å². The molecule has 0 aliphatic rings. The second-order valence-corrected chi connectivity index (χ2v) is 5.29. The van der Waals surface area contributed by atoms with Gasteiger partial charge in [-0.1, -0.05) is 70.3 Å². The monoisotopic (exact) mass is 323 g/mol. The van der Waals surface area contributed by atoms with Gasteiger partial charge in [-0.15, -0.1) is 0 Å². The van der Waals surface area contributed by atoms with Gasteiger partial charge in [0.05, 0.1) is 0 Å². The van der Waals surface area contributed by atoms with Gasteiger partial charge in [0.15, 0.2) is 0 Å². The lowest BCUT2D eigenvalue weighted by Gasteiger charge is -2.12. The van der Waals surface area contributed by atoms with Crippen LogP contribution in [0.3, 0.4) is 0 Å². The molecule has 0 saturated heterocycles. The molecule has 0 saturated carbocycles. The first kappa shape index (κ1) is 21.5. The predicted octanol–water partition coefficient (Wildman–Crippen LogP) is 6.00. The summed E-state index contributed by atoms with van der Waals surface area (Å²) >= 11 is 0. The van der Waals surface area contributed by atoms with Crippen molar-refractivity contribution in [3.05, 3.63) is 79.2 Å². The quantitative estimate of drug-likeness (QED) is 0.632. The fraction of sp³-hybridized carbons (Fsp3) is 0.273. The van der Waals surface area contributed by atoms with Gasteiger partial charge in [0.25, 0.3) is 0 Å². The number of allylic oxidation sites excluding steroid dienone is 2. The summed E-state index contributed by atoms with van der Waals surface area (Å²) in [5.41, 5.74) is 5.37. The van der Waals surface area contributed by atoms with Gasteiger partial charge in [0.1, 0.15) is 6.79 Å². The van der Waals surface area contributed by atoms with E-state index in [0.717, 1.165) is 6.42 Å². The van der Waals surface area contributed by atoms with Gasteiger partial charge in [-0.2, -0.15) is 0 Å². The summed E-state index contributed by atoms with van der Waals surface area (Å²) < 4.78 is 0. The average Bonchev–Trinajstić information content (AvgIpc) is 2.69. The molecule has 1 heterocycles. The van der Waals surface area contributed by atoms with Crippen molar-refractivity contribution >= 4 is 6.79 Å². The number of aromatic nitrogens is 1. The molecule has 0 fully saturated rings. The van der Waals surface area contributed by atoms with Crippen molar-refractivity contribution < 1.29 is 4.79 Å². The number of carbonyl (C=O) groups is 1. The van der Waals surface area contributed by atoms with E-state index in [2.05, 4.69) is 69.2 Å². The normalized spacial score (nSPS) is 10.3. The van der Waals surface area contributed by atoms with Crippen LogP contribution in [0.25, 0.3) is 11.1 Å². The Morgan fingerprint density at radius 1 is 1.12 bits per heavy atom. The maximum absolute atomic E-state index is 8.00. The van der Waals surface area contributed by atoms with Crippen molar-refractivity contribution in [3.63, 3.8) is 0 Å². The Balaban J connectivity index is 0.000000773. The Labute approximate surface area is 147 Å². The third kappa shape index (κ3) is 6.74. The van der Waals surface area contributed by atoms with E-state index in [4.69, 9.17) is 4.79 Å². The number of hydrogen-bond donors (Lipinski definition) is 0. The molecule has 2 nitrogen and oxygen atoms in total. The Hall–Kier alpha value is -2.48. The number of pyridine rings is 1. The van der Waals surface area contributed by atoms with Gasteiger partial charge in [-0.05, 0) is 47.1 Å². The number of rotatable bonds is 5. The Morgan fingerprint density at radius 3 is 2.33 bits per heavy atom. The number of nitrogens with zero attached hydrogens (tertiary/aromatic N) is 1. The van der Waals surface area contributed by atoms with Crippen molar-refractivity contribution in [1.29, 1.82) is 0 Å². The van der Waals surface area contributed by atoms with Gasteiger partial charge in [-0.25, -0.2) is 0 Å². The number of aryl methyl sites for hydroxylation is 1. The van der Waals surface area contributed by atoms with Crippen LogP contribution in [0, 0.1) is 0 Å². The molecule has 0 amide bonds. The molecular weight excluding hydrogens is 294 g/mol. The molecule has 0 bridgehead atoms. The minimum atomic E-state index is 0.622. The maximum Gasteiger partial charge on any atom is 0.106 e. The van der Waals surface area contributed by atoms with Crippen LogP contribution in [0.15, 0.2) is 68.0 Å². The largest absolute Gasteiger partial charge is 0.307 e. The zero-order valence-electron chi connectivity index (χ0n) is 15.2. The van der Waals surface area contributed by atoms with Crippen LogP contribution >= 0.6 is 0 Å². The first-order valence-electron chi connectivity index (χ1n) is 8.23. The van der Waals surface area contributed by atoms with Crippen LogP contribution in [0.1, 0.15) is 44.2 Å². The molecule has 128 valence electrons. The minimum Gasteiger partial charge on any atom is -0.307 e. The molecule has 0 spiro atoms. The topological polar surface area (TPSA) is 30.0 Å². The molecule has 0 aliphatic heterocycles. The lowest BCUT2D eigenvalue weighted by atomic mass is 9.93. The number of benzene rings is 1. The second kappa shape index (κ2) is 13.0. The lowest BCUT2D eigenvalue weighted by molar-refractivity contribution is -0.0979. The van der Waals surface area contributed by atoms with Crippen LogP contribution in [0.2, 0.25) is 0 Å². The van der Waals surface area contributed by atoms with Crippen molar-refractivity contribution in [2.24, 2.45) is 0 Å². The summed E-state index contributed by atoms with van der Waals surface area (Å²) in [6.45, 7) is 15.4. The number of hydrogen-bond acceptors (Lipinski definition) is 2. The fourth-order valence-electron chi connectivity index (χ4n) is 2.24. The van der Waals surface area contributed by atoms with E-state index >= 15 is 0 Å². The molecule has 1 atom stereocenters. The van der Waals surface area contributed by atoms with Crippen molar-refractivity contribution in [1.82, 2.24) is 4.98 Å². The highest BCUT2D eigenvalue weighted by Gasteiger charge is 2.07. The molecule has 2 aromatic rings. The minimum absolute atomic E-state index is 0.622. The summed E-state index contributed by atoms with van der Waals surface area (Å²) in [6.07, 6.45) is 9.34. The summed E-state index contributed by atoms with van der Waals surface area (Å²) in [6, 6.07) is 11.0. The molecular formula is C22H29NO. The molecule has 0 N–H and O–H groups in total. The van der Waals surface area contributed by atoms with Crippen molar-refractivity contribution in [2.45, 2.75) is 39.5 Å². The Morgan fingerprint density at radius 2 is 1.79 bits per heavy atom. The molecule has 1 unspecified atom stereocenters. The lowest BCUT2D eigenvalue weighted by Crippen LogP contribution is -1.93.